The molecule has 0 saturated carbocycles. The fourth-order valence-corrected chi connectivity index (χ4v) is 2.51. The predicted octanol–water partition coefficient (Wildman–Crippen LogP) is 3.86. The van der Waals surface area contributed by atoms with Crippen LogP contribution in [0, 0.1) is 5.82 Å². The molecule has 4 heteroatoms. The van der Waals surface area contributed by atoms with E-state index < -0.39 is 0 Å². The van der Waals surface area contributed by atoms with Gasteiger partial charge < -0.3 is 10.4 Å². The van der Waals surface area contributed by atoms with E-state index in [1.807, 2.05) is 37.3 Å². The lowest BCUT2D eigenvalue weighted by atomic mass is 10.0. The second kappa shape index (κ2) is 6.84. The Balaban J connectivity index is 2.15. The second-order valence-corrected chi connectivity index (χ2v) is 5.11. The first kappa shape index (κ1) is 15.0. The Hall–Kier alpha value is -1.42. The fourth-order valence-electron chi connectivity index (χ4n) is 2.18. The fraction of sp³-hybridized carbons (Fsp3) is 0.250. The molecule has 2 unspecified atom stereocenters. The van der Waals surface area contributed by atoms with Crippen LogP contribution in [0.2, 0.25) is 5.02 Å². The summed E-state index contributed by atoms with van der Waals surface area (Å²) in [6.07, 6.45) is 0. The second-order valence-electron chi connectivity index (χ2n) is 4.70. The van der Waals surface area contributed by atoms with Crippen molar-refractivity contribution in [1.29, 1.82) is 0 Å². The smallest absolute Gasteiger partial charge is 0.124 e. The van der Waals surface area contributed by atoms with E-state index in [2.05, 4.69) is 5.32 Å². The highest BCUT2D eigenvalue weighted by atomic mass is 35.5. The Morgan fingerprint density at radius 3 is 2.50 bits per heavy atom. The Labute approximate surface area is 123 Å². The molecule has 0 fully saturated rings. The van der Waals surface area contributed by atoms with Gasteiger partial charge in [-0.05, 0) is 30.2 Å². The Kier molecular flexibility index (Phi) is 5.12. The summed E-state index contributed by atoms with van der Waals surface area (Å²) in [7, 11) is 0. The van der Waals surface area contributed by atoms with Gasteiger partial charge in [0, 0.05) is 11.1 Å². The summed E-state index contributed by atoms with van der Waals surface area (Å²) in [4.78, 5) is 0. The number of aliphatic hydroxyl groups is 1. The molecule has 0 aliphatic rings. The highest BCUT2D eigenvalue weighted by Gasteiger charge is 2.16. The normalized spacial score (nSPS) is 14.0. The van der Waals surface area contributed by atoms with Crippen LogP contribution in [0.15, 0.2) is 48.5 Å². The number of rotatable bonds is 5. The van der Waals surface area contributed by atoms with Gasteiger partial charge in [0.05, 0.1) is 12.6 Å². The van der Waals surface area contributed by atoms with E-state index >= 15 is 0 Å². The zero-order chi connectivity index (χ0) is 14.5. The van der Waals surface area contributed by atoms with Crippen LogP contribution in [0.3, 0.4) is 0 Å². The first-order chi connectivity index (χ1) is 9.61. The summed E-state index contributed by atoms with van der Waals surface area (Å²) in [5, 5.41) is 13.2. The minimum atomic E-state index is -0.354. The van der Waals surface area contributed by atoms with E-state index in [1.54, 1.807) is 6.07 Å². The van der Waals surface area contributed by atoms with Crippen LogP contribution < -0.4 is 5.32 Å². The molecule has 2 N–H and O–H groups in total. The molecule has 0 bridgehead atoms. The molecule has 106 valence electrons. The minimum Gasteiger partial charge on any atom is -0.394 e. The lowest BCUT2D eigenvalue weighted by Gasteiger charge is -2.23. The molecule has 0 saturated heterocycles. The summed E-state index contributed by atoms with van der Waals surface area (Å²) in [6, 6.07) is 13.7. The zero-order valence-electron chi connectivity index (χ0n) is 11.2. The molecule has 0 amide bonds. The molecular formula is C16H17ClFNO. The largest absolute Gasteiger partial charge is 0.394 e. The van der Waals surface area contributed by atoms with Crippen molar-refractivity contribution in [2.75, 3.05) is 6.61 Å². The molecule has 0 aliphatic heterocycles. The van der Waals surface area contributed by atoms with Gasteiger partial charge in [-0.15, -0.1) is 0 Å². The highest BCUT2D eigenvalue weighted by molar-refractivity contribution is 6.31. The Bertz CT molecular complexity index is 562. The van der Waals surface area contributed by atoms with E-state index in [4.69, 9.17) is 11.6 Å². The van der Waals surface area contributed by atoms with Crippen molar-refractivity contribution in [2.45, 2.75) is 19.0 Å². The van der Waals surface area contributed by atoms with Crippen molar-refractivity contribution in [3.05, 3.63) is 70.5 Å². The number of hydrogen-bond acceptors (Lipinski definition) is 2. The van der Waals surface area contributed by atoms with Crippen molar-refractivity contribution in [2.24, 2.45) is 0 Å². The average molecular weight is 294 g/mol. The number of benzene rings is 2. The molecule has 2 atom stereocenters. The van der Waals surface area contributed by atoms with Crippen molar-refractivity contribution >= 4 is 11.6 Å². The van der Waals surface area contributed by atoms with Gasteiger partial charge in [0.2, 0.25) is 0 Å². The lowest BCUT2D eigenvalue weighted by molar-refractivity contribution is 0.235. The molecule has 0 aliphatic carbocycles. The van der Waals surface area contributed by atoms with Crippen molar-refractivity contribution in [3.8, 4) is 0 Å². The molecule has 0 radical (unpaired) electrons. The third kappa shape index (κ3) is 3.57. The lowest BCUT2D eigenvalue weighted by Crippen LogP contribution is -2.27. The topological polar surface area (TPSA) is 32.3 Å². The van der Waals surface area contributed by atoms with Gasteiger partial charge in [-0.25, -0.2) is 4.39 Å². The Morgan fingerprint density at radius 1 is 1.20 bits per heavy atom. The van der Waals surface area contributed by atoms with E-state index in [1.165, 1.54) is 12.1 Å². The summed E-state index contributed by atoms with van der Waals surface area (Å²) < 4.78 is 13.1. The number of aliphatic hydroxyl groups excluding tert-OH is 1. The van der Waals surface area contributed by atoms with E-state index in [0.29, 0.717) is 5.02 Å². The quantitative estimate of drug-likeness (QED) is 0.877. The van der Waals surface area contributed by atoms with Crippen LogP contribution in [-0.2, 0) is 0 Å². The molecule has 2 nitrogen and oxygen atoms in total. The van der Waals surface area contributed by atoms with Gasteiger partial charge in [-0.1, -0.05) is 48.0 Å². The van der Waals surface area contributed by atoms with Gasteiger partial charge in [0.1, 0.15) is 5.82 Å². The van der Waals surface area contributed by atoms with Crippen LogP contribution in [0.5, 0.6) is 0 Å². The predicted molar refractivity (Wildman–Crippen MR) is 79.2 cm³/mol. The van der Waals surface area contributed by atoms with Crippen LogP contribution in [0.25, 0.3) is 0 Å². The van der Waals surface area contributed by atoms with Gasteiger partial charge in [-0.3, -0.25) is 0 Å². The standard InChI is InChI=1S/C16H17ClFNO/c1-11(14-8-7-13(18)9-15(14)17)19-16(10-20)12-5-3-2-4-6-12/h2-9,11,16,19-20H,10H2,1H3. The molecule has 0 spiro atoms. The van der Waals surface area contributed by atoms with Crippen LogP contribution >= 0.6 is 11.6 Å². The Morgan fingerprint density at radius 2 is 1.90 bits per heavy atom. The highest BCUT2D eigenvalue weighted by Crippen LogP contribution is 2.26. The molecule has 0 heterocycles. The summed E-state index contributed by atoms with van der Waals surface area (Å²) in [5.74, 6) is -0.354. The van der Waals surface area contributed by atoms with Gasteiger partial charge in [-0.2, -0.15) is 0 Å². The van der Waals surface area contributed by atoms with Crippen LogP contribution in [0.1, 0.15) is 30.1 Å². The first-order valence-corrected chi connectivity index (χ1v) is 6.86. The maximum Gasteiger partial charge on any atom is 0.124 e. The monoisotopic (exact) mass is 293 g/mol. The maximum absolute atomic E-state index is 13.1. The average Bonchev–Trinajstić information content (AvgIpc) is 2.45. The van der Waals surface area contributed by atoms with E-state index in [-0.39, 0.29) is 24.5 Å². The summed E-state index contributed by atoms with van der Waals surface area (Å²) in [6.45, 7) is 1.91. The zero-order valence-corrected chi connectivity index (χ0v) is 11.9. The molecule has 0 aromatic heterocycles. The summed E-state index contributed by atoms with van der Waals surface area (Å²) in [5.41, 5.74) is 1.81. The molecular weight excluding hydrogens is 277 g/mol. The van der Waals surface area contributed by atoms with Gasteiger partial charge in [0.25, 0.3) is 0 Å². The first-order valence-electron chi connectivity index (χ1n) is 6.48. The van der Waals surface area contributed by atoms with Crippen molar-refractivity contribution < 1.29 is 9.50 Å². The third-order valence-electron chi connectivity index (χ3n) is 3.26. The van der Waals surface area contributed by atoms with Gasteiger partial charge in [0.15, 0.2) is 0 Å². The van der Waals surface area contributed by atoms with Crippen molar-refractivity contribution in [3.63, 3.8) is 0 Å². The number of nitrogens with one attached hydrogen (secondary N) is 1. The SMILES string of the molecule is CC(NC(CO)c1ccccc1)c1ccc(F)cc1Cl. The third-order valence-corrected chi connectivity index (χ3v) is 3.59. The van der Waals surface area contributed by atoms with Crippen molar-refractivity contribution in [1.82, 2.24) is 5.32 Å². The van der Waals surface area contributed by atoms with Crippen LogP contribution in [0.4, 0.5) is 4.39 Å². The molecule has 2 rings (SSSR count). The molecule has 20 heavy (non-hydrogen) atoms. The van der Waals surface area contributed by atoms with E-state index in [9.17, 15) is 9.50 Å². The molecule has 2 aromatic carbocycles. The maximum atomic E-state index is 13.1. The van der Waals surface area contributed by atoms with E-state index in [0.717, 1.165) is 11.1 Å². The van der Waals surface area contributed by atoms with Crippen LogP contribution in [-0.4, -0.2) is 11.7 Å². The number of hydrogen-bond donors (Lipinski definition) is 2. The molecule has 2 aromatic rings. The summed E-state index contributed by atoms with van der Waals surface area (Å²) >= 11 is 6.05. The number of halogens is 2. The van der Waals surface area contributed by atoms with Gasteiger partial charge >= 0.3 is 0 Å². The minimum absolute atomic E-state index is 0.0207.